The second-order valence-electron chi connectivity index (χ2n) is 14.6. The van der Waals surface area contributed by atoms with Crippen LogP contribution in [0.3, 0.4) is 0 Å². The van der Waals surface area contributed by atoms with Gasteiger partial charge in [-0.25, -0.2) is 0 Å². The largest absolute Gasteiger partial charge is 0.422 e. The number of carbonyl (C=O) groups excluding carboxylic acids is 4. The third kappa shape index (κ3) is 12.4. The van der Waals surface area contributed by atoms with Crippen molar-refractivity contribution in [3.8, 4) is 11.5 Å². The second kappa shape index (κ2) is 17.2. The highest BCUT2D eigenvalue weighted by Crippen LogP contribution is 2.34. The minimum absolute atomic E-state index is 0. The van der Waals surface area contributed by atoms with E-state index in [0.717, 1.165) is 0 Å². The molecule has 0 aliphatic rings. The third-order valence-electron chi connectivity index (χ3n) is 7.67. The van der Waals surface area contributed by atoms with Crippen molar-refractivity contribution in [2.24, 2.45) is 16.7 Å². The van der Waals surface area contributed by atoms with Crippen LogP contribution >= 0.6 is 17.0 Å². The standard InChI is InChI=1S/C36H53N3O7.BrH/c1-12-23(2)29(39(11)31(42)24-16-14-13-15-17-24)30(41)37-22-36(9,10)38-21-26(40)25-18-19-27(45-32(43)34(3,4)5)28(20-25)46-33(44)35(6,7)8;/h13-20,23,26,29,38,40H,12,21-22H2,1-11H3,(H,37,41);1H/t23-,26?,29-;/m0./s1. The zero-order valence-electron chi connectivity index (χ0n) is 29.7. The molecule has 0 aliphatic heterocycles. The second-order valence-corrected chi connectivity index (χ2v) is 14.6. The maximum atomic E-state index is 13.4. The van der Waals surface area contributed by atoms with Gasteiger partial charge in [0.1, 0.15) is 6.04 Å². The lowest BCUT2D eigenvalue weighted by atomic mass is 9.95. The van der Waals surface area contributed by atoms with Crippen LogP contribution in [0.5, 0.6) is 11.5 Å². The van der Waals surface area contributed by atoms with Gasteiger partial charge in [0.25, 0.3) is 5.91 Å². The quantitative estimate of drug-likeness (QED) is 0.173. The summed E-state index contributed by atoms with van der Waals surface area (Å²) in [5, 5.41) is 17.3. The number of hydrogen-bond donors (Lipinski definition) is 3. The number of rotatable bonds is 13. The number of aliphatic hydroxyl groups excluding tert-OH is 1. The minimum atomic E-state index is -1.02. The van der Waals surface area contributed by atoms with Gasteiger partial charge in [-0.05, 0) is 91.1 Å². The molecule has 3 atom stereocenters. The summed E-state index contributed by atoms with van der Waals surface area (Å²) in [6.07, 6.45) is -0.309. The summed E-state index contributed by atoms with van der Waals surface area (Å²) in [5.41, 5.74) is -1.28. The number of nitrogens with zero attached hydrogens (tertiary/aromatic N) is 1. The molecule has 0 saturated heterocycles. The van der Waals surface area contributed by atoms with Gasteiger partial charge in [0.15, 0.2) is 11.5 Å². The van der Waals surface area contributed by atoms with E-state index in [0.29, 0.717) is 17.5 Å². The van der Waals surface area contributed by atoms with Gasteiger partial charge in [0, 0.05) is 31.2 Å². The lowest BCUT2D eigenvalue weighted by molar-refractivity contribution is -0.145. The van der Waals surface area contributed by atoms with Gasteiger partial charge in [0.2, 0.25) is 5.91 Å². The van der Waals surface area contributed by atoms with Gasteiger partial charge in [-0.3, -0.25) is 19.2 Å². The van der Waals surface area contributed by atoms with E-state index in [1.54, 1.807) is 78.9 Å². The fourth-order valence-corrected chi connectivity index (χ4v) is 4.32. The number of hydrogen-bond acceptors (Lipinski definition) is 8. The minimum Gasteiger partial charge on any atom is -0.422 e. The van der Waals surface area contributed by atoms with Crippen LogP contribution in [0.15, 0.2) is 48.5 Å². The van der Waals surface area contributed by atoms with Gasteiger partial charge >= 0.3 is 11.9 Å². The molecular formula is C36H54BrN3O7. The van der Waals surface area contributed by atoms with Crippen LogP contribution in [0.1, 0.15) is 97.7 Å². The first kappa shape index (κ1) is 41.7. The number of nitrogens with one attached hydrogen (secondary N) is 2. The predicted molar refractivity (Wildman–Crippen MR) is 189 cm³/mol. The number of benzene rings is 2. The topological polar surface area (TPSA) is 134 Å². The van der Waals surface area contributed by atoms with E-state index in [9.17, 15) is 24.3 Å². The SMILES string of the molecule is Br.CC[C@H](C)[C@@H](C(=O)NCC(C)(C)NCC(O)c1ccc(OC(=O)C(C)(C)C)c(OC(=O)C(C)(C)C)c1)N(C)C(=O)c1ccccc1. The summed E-state index contributed by atoms with van der Waals surface area (Å²) in [4.78, 5) is 53.3. The van der Waals surface area contributed by atoms with E-state index in [1.165, 1.54) is 17.0 Å². The molecule has 262 valence electrons. The predicted octanol–water partition coefficient (Wildman–Crippen LogP) is 5.87. The molecule has 10 nitrogen and oxygen atoms in total. The van der Waals surface area contributed by atoms with Crippen molar-refractivity contribution in [2.45, 2.75) is 93.3 Å². The van der Waals surface area contributed by atoms with Gasteiger partial charge in [0.05, 0.1) is 16.9 Å². The zero-order valence-corrected chi connectivity index (χ0v) is 31.4. The molecule has 0 heterocycles. The zero-order chi connectivity index (χ0) is 35.0. The van der Waals surface area contributed by atoms with Crippen molar-refractivity contribution in [3.05, 3.63) is 59.7 Å². The highest BCUT2D eigenvalue weighted by atomic mass is 79.9. The third-order valence-corrected chi connectivity index (χ3v) is 7.67. The van der Waals surface area contributed by atoms with Crippen LogP contribution in [0, 0.1) is 16.7 Å². The average Bonchev–Trinajstić information content (AvgIpc) is 2.98. The van der Waals surface area contributed by atoms with E-state index < -0.39 is 40.5 Å². The number of halogens is 1. The number of carbonyl (C=O) groups is 4. The maximum Gasteiger partial charge on any atom is 0.316 e. The molecule has 0 aromatic heterocycles. The van der Waals surface area contributed by atoms with Crippen LogP contribution in [-0.4, -0.2) is 65.5 Å². The highest BCUT2D eigenvalue weighted by molar-refractivity contribution is 8.93. The molecule has 1 unspecified atom stereocenters. The van der Waals surface area contributed by atoms with Crippen LogP contribution in [-0.2, 0) is 14.4 Å². The molecule has 47 heavy (non-hydrogen) atoms. The van der Waals surface area contributed by atoms with Gasteiger partial charge in [-0.2, -0.15) is 0 Å². The van der Waals surface area contributed by atoms with Crippen molar-refractivity contribution in [3.63, 3.8) is 0 Å². The molecule has 0 spiro atoms. The van der Waals surface area contributed by atoms with Crippen molar-refractivity contribution in [2.75, 3.05) is 20.1 Å². The number of aliphatic hydroxyl groups is 1. The van der Waals surface area contributed by atoms with Gasteiger partial charge < -0.3 is 30.1 Å². The summed E-state index contributed by atoms with van der Waals surface area (Å²) >= 11 is 0. The first-order valence-electron chi connectivity index (χ1n) is 15.8. The Morgan fingerprint density at radius 2 is 1.38 bits per heavy atom. The van der Waals surface area contributed by atoms with Gasteiger partial charge in [-0.15, -0.1) is 17.0 Å². The Bertz CT molecular complexity index is 1370. The smallest absolute Gasteiger partial charge is 0.316 e. The Kier molecular flexibility index (Phi) is 15.3. The Morgan fingerprint density at radius 1 is 0.851 bits per heavy atom. The first-order valence-corrected chi connectivity index (χ1v) is 15.8. The lowest BCUT2D eigenvalue weighted by Crippen LogP contribution is -2.56. The summed E-state index contributed by atoms with van der Waals surface area (Å²) in [6.45, 7) is 18.3. The Balaban J connectivity index is 0.0000110. The van der Waals surface area contributed by atoms with E-state index in [4.69, 9.17) is 9.47 Å². The average molecular weight is 721 g/mol. The van der Waals surface area contributed by atoms with E-state index in [2.05, 4.69) is 10.6 Å². The Labute approximate surface area is 290 Å². The molecular weight excluding hydrogens is 666 g/mol. The Morgan fingerprint density at radius 3 is 1.89 bits per heavy atom. The van der Waals surface area contributed by atoms with Crippen molar-refractivity contribution >= 4 is 40.7 Å². The van der Waals surface area contributed by atoms with Crippen molar-refractivity contribution in [1.82, 2.24) is 15.5 Å². The van der Waals surface area contributed by atoms with E-state index >= 15 is 0 Å². The Hall–Kier alpha value is -3.28. The molecule has 2 rings (SSSR count). The molecule has 2 aromatic carbocycles. The molecule has 0 radical (unpaired) electrons. The number of likely N-dealkylation sites (N-methyl/N-ethyl adjacent to an activating group) is 1. The summed E-state index contributed by atoms with van der Waals surface area (Å²) in [5.74, 6) is -1.47. The van der Waals surface area contributed by atoms with Gasteiger partial charge in [-0.1, -0.05) is 44.5 Å². The highest BCUT2D eigenvalue weighted by Gasteiger charge is 2.33. The van der Waals surface area contributed by atoms with Crippen molar-refractivity contribution < 1.29 is 33.8 Å². The summed E-state index contributed by atoms with van der Waals surface area (Å²) in [7, 11) is 1.65. The fraction of sp³-hybridized carbons (Fsp3) is 0.556. The fourth-order valence-electron chi connectivity index (χ4n) is 4.32. The molecule has 0 saturated carbocycles. The summed E-state index contributed by atoms with van der Waals surface area (Å²) < 4.78 is 11.2. The van der Waals surface area contributed by atoms with Crippen molar-refractivity contribution in [1.29, 1.82) is 0 Å². The first-order chi connectivity index (χ1) is 21.2. The molecule has 0 fully saturated rings. The molecule has 0 bridgehead atoms. The molecule has 3 N–H and O–H groups in total. The molecule has 2 amide bonds. The molecule has 11 heteroatoms. The number of β-amino-alcohol motifs (C(OH)–C–C–N with tert-alkyl or cyclic N) is 1. The summed E-state index contributed by atoms with van der Waals surface area (Å²) in [6, 6.07) is 12.8. The normalized spacial score (nSPS) is 13.8. The van der Waals surface area contributed by atoms with Crippen LogP contribution < -0.4 is 20.1 Å². The molecule has 0 aliphatic carbocycles. The van der Waals surface area contributed by atoms with Crippen LogP contribution in [0.4, 0.5) is 0 Å². The number of ether oxygens (including phenoxy) is 2. The van der Waals surface area contributed by atoms with Crippen LogP contribution in [0.25, 0.3) is 0 Å². The monoisotopic (exact) mass is 719 g/mol. The maximum absolute atomic E-state index is 13.4. The number of amides is 2. The molecule has 2 aromatic rings. The van der Waals surface area contributed by atoms with Crippen LogP contribution in [0.2, 0.25) is 0 Å². The van der Waals surface area contributed by atoms with E-state index in [1.807, 2.05) is 33.8 Å². The van der Waals surface area contributed by atoms with E-state index in [-0.39, 0.29) is 59.3 Å². The number of esters is 2. The lowest BCUT2D eigenvalue weighted by Gasteiger charge is -2.34.